The molecule has 2 aliphatic heterocycles. The van der Waals surface area contributed by atoms with Gasteiger partial charge in [0.15, 0.2) is 11.6 Å². The molecule has 0 unspecified atom stereocenters. The first kappa shape index (κ1) is 24.4. The zero-order valence-electron chi connectivity index (χ0n) is 19.8. The van der Waals surface area contributed by atoms with Crippen LogP contribution >= 0.6 is 11.6 Å². The number of carbonyl (C=O) groups is 1. The molecule has 0 atom stereocenters. The molecule has 0 saturated carbocycles. The molecule has 0 bridgehead atoms. The molecule has 1 aromatic carbocycles. The van der Waals surface area contributed by atoms with Gasteiger partial charge in [0.25, 0.3) is 0 Å². The minimum atomic E-state index is -0.422. The number of rotatable bonds is 7. The Labute approximate surface area is 214 Å². The van der Waals surface area contributed by atoms with E-state index in [1.807, 2.05) is 6.07 Å². The van der Waals surface area contributed by atoms with Gasteiger partial charge in [0.2, 0.25) is 5.91 Å². The van der Waals surface area contributed by atoms with E-state index in [1.54, 1.807) is 24.5 Å². The van der Waals surface area contributed by atoms with E-state index >= 15 is 0 Å². The van der Waals surface area contributed by atoms with E-state index in [9.17, 15) is 9.18 Å². The molecule has 1 fully saturated rings. The van der Waals surface area contributed by atoms with E-state index in [1.165, 1.54) is 12.1 Å². The number of hydrogen-bond donors (Lipinski definition) is 3. The van der Waals surface area contributed by atoms with Crippen molar-refractivity contribution < 1.29 is 13.9 Å². The highest BCUT2D eigenvalue weighted by Crippen LogP contribution is 2.41. The Morgan fingerprint density at radius 1 is 1.14 bits per heavy atom. The molecule has 8 nitrogen and oxygen atoms in total. The zero-order chi connectivity index (χ0) is 24.9. The molecule has 0 radical (unpaired) electrons. The van der Waals surface area contributed by atoms with Crippen LogP contribution in [0.2, 0.25) is 5.02 Å². The van der Waals surface area contributed by atoms with Gasteiger partial charge < -0.3 is 25.6 Å². The average Bonchev–Trinajstić information content (AvgIpc) is 2.90. The Bertz CT molecular complexity index is 1250. The highest BCUT2D eigenvalue weighted by molar-refractivity contribution is 6.30. The number of amides is 1. The minimum Gasteiger partial charge on any atom is -0.487 e. The lowest BCUT2D eigenvalue weighted by Gasteiger charge is -2.26. The molecular weight excluding hydrogens is 483 g/mol. The molecule has 1 saturated heterocycles. The van der Waals surface area contributed by atoms with Crippen molar-refractivity contribution >= 4 is 29.0 Å². The van der Waals surface area contributed by atoms with Crippen molar-refractivity contribution in [3.8, 4) is 28.1 Å². The molecule has 3 N–H and O–H groups in total. The third-order valence-corrected chi connectivity index (χ3v) is 6.47. The quantitative estimate of drug-likeness (QED) is 0.442. The van der Waals surface area contributed by atoms with Gasteiger partial charge in [0, 0.05) is 60.5 Å². The van der Waals surface area contributed by atoms with Crippen LogP contribution in [0, 0.1) is 5.82 Å². The SMILES string of the molecule is O=C(CCCN1CCNCC1)Nc1cncc(-c2cc(-c3cc(Cl)ccc3F)nc3c2OCCN3)c1. The third-order valence-electron chi connectivity index (χ3n) is 6.24. The Morgan fingerprint density at radius 2 is 2.00 bits per heavy atom. The second-order valence-corrected chi connectivity index (χ2v) is 9.27. The molecule has 2 aromatic heterocycles. The van der Waals surface area contributed by atoms with Gasteiger partial charge in [-0.15, -0.1) is 0 Å². The Kier molecular flexibility index (Phi) is 7.60. The molecule has 3 aromatic rings. The van der Waals surface area contributed by atoms with Gasteiger partial charge in [0.1, 0.15) is 12.4 Å². The zero-order valence-corrected chi connectivity index (χ0v) is 20.6. The van der Waals surface area contributed by atoms with Crippen LogP contribution in [0.25, 0.3) is 22.4 Å². The van der Waals surface area contributed by atoms with Gasteiger partial charge in [0.05, 0.1) is 24.1 Å². The maximum atomic E-state index is 14.6. The van der Waals surface area contributed by atoms with E-state index in [2.05, 4.69) is 30.8 Å². The standard InChI is InChI=1S/C26H28ClFN6O2/c27-18-3-4-22(28)21(13-18)23-14-20(25-26(33-23)31-7-11-36-25)17-12-19(16-30-15-17)32-24(35)2-1-8-34-9-5-29-6-10-34/h3-4,12-16,29H,1-2,5-11H2,(H,31,33)(H,32,35). The van der Waals surface area contributed by atoms with E-state index in [0.29, 0.717) is 58.7 Å². The summed E-state index contributed by atoms with van der Waals surface area (Å²) in [5.41, 5.74) is 2.72. The van der Waals surface area contributed by atoms with Gasteiger partial charge in [-0.3, -0.25) is 9.78 Å². The average molecular weight is 511 g/mol. The first-order valence-corrected chi connectivity index (χ1v) is 12.5. The smallest absolute Gasteiger partial charge is 0.224 e. The van der Waals surface area contributed by atoms with Crippen LogP contribution in [0.5, 0.6) is 5.75 Å². The second-order valence-electron chi connectivity index (χ2n) is 8.84. The predicted molar refractivity (Wildman–Crippen MR) is 139 cm³/mol. The lowest BCUT2D eigenvalue weighted by molar-refractivity contribution is -0.116. The van der Waals surface area contributed by atoms with Crippen LogP contribution in [0.4, 0.5) is 15.9 Å². The molecule has 1 amide bonds. The number of aromatic nitrogens is 2. The predicted octanol–water partition coefficient (Wildman–Crippen LogP) is 4.03. The summed E-state index contributed by atoms with van der Waals surface area (Å²) in [6.07, 6.45) is 4.53. The number of hydrogen-bond acceptors (Lipinski definition) is 7. The van der Waals surface area contributed by atoms with Crippen molar-refractivity contribution in [2.24, 2.45) is 0 Å². The fourth-order valence-corrected chi connectivity index (χ4v) is 4.62. The number of nitrogens with zero attached hydrogens (tertiary/aromatic N) is 3. The Hall–Kier alpha value is -3.27. The Balaban J connectivity index is 1.36. The van der Waals surface area contributed by atoms with E-state index in [-0.39, 0.29) is 5.91 Å². The molecule has 36 heavy (non-hydrogen) atoms. The maximum Gasteiger partial charge on any atom is 0.224 e. The minimum absolute atomic E-state index is 0.0551. The third kappa shape index (κ3) is 5.75. The van der Waals surface area contributed by atoms with Gasteiger partial charge in [-0.05, 0) is 43.3 Å². The van der Waals surface area contributed by atoms with Crippen LogP contribution in [-0.2, 0) is 4.79 Å². The van der Waals surface area contributed by atoms with Crippen molar-refractivity contribution in [1.29, 1.82) is 0 Å². The summed E-state index contributed by atoms with van der Waals surface area (Å²) in [4.78, 5) is 23.9. The fourth-order valence-electron chi connectivity index (χ4n) is 4.45. The van der Waals surface area contributed by atoms with E-state index in [0.717, 1.165) is 44.7 Å². The summed E-state index contributed by atoms with van der Waals surface area (Å²) in [6.45, 7) is 5.99. The number of ether oxygens (including phenoxy) is 1. The number of carbonyl (C=O) groups excluding carboxylic acids is 1. The topological polar surface area (TPSA) is 91.4 Å². The summed E-state index contributed by atoms with van der Waals surface area (Å²) in [6, 6.07) is 7.97. The lowest BCUT2D eigenvalue weighted by Crippen LogP contribution is -2.43. The van der Waals surface area contributed by atoms with Crippen LogP contribution in [0.1, 0.15) is 12.8 Å². The van der Waals surface area contributed by atoms with E-state index < -0.39 is 5.82 Å². The van der Waals surface area contributed by atoms with Gasteiger partial charge in [-0.1, -0.05) is 11.6 Å². The number of nitrogens with one attached hydrogen (secondary N) is 3. The number of piperazine rings is 1. The van der Waals surface area contributed by atoms with Crippen molar-refractivity contribution in [3.63, 3.8) is 0 Å². The van der Waals surface area contributed by atoms with Gasteiger partial charge >= 0.3 is 0 Å². The number of pyridine rings is 2. The number of fused-ring (bicyclic) bond motifs is 1. The summed E-state index contributed by atoms with van der Waals surface area (Å²) < 4.78 is 20.5. The van der Waals surface area contributed by atoms with Crippen molar-refractivity contribution in [3.05, 3.63) is 53.6 Å². The molecule has 4 heterocycles. The van der Waals surface area contributed by atoms with Crippen molar-refractivity contribution in [2.45, 2.75) is 12.8 Å². The Morgan fingerprint density at radius 3 is 2.86 bits per heavy atom. The fraction of sp³-hybridized carbons (Fsp3) is 0.346. The second kappa shape index (κ2) is 11.2. The maximum absolute atomic E-state index is 14.6. The van der Waals surface area contributed by atoms with Crippen LogP contribution in [0.15, 0.2) is 42.7 Å². The largest absolute Gasteiger partial charge is 0.487 e. The lowest BCUT2D eigenvalue weighted by atomic mass is 10.0. The van der Waals surface area contributed by atoms with Crippen molar-refractivity contribution in [1.82, 2.24) is 20.2 Å². The van der Waals surface area contributed by atoms with Crippen molar-refractivity contribution in [2.75, 3.05) is 56.5 Å². The van der Waals surface area contributed by atoms with Gasteiger partial charge in [-0.2, -0.15) is 0 Å². The number of halogens is 2. The van der Waals surface area contributed by atoms with E-state index in [4.69, 9.17) is 16.3 Å². The summed E-state index contributed by atoms with van der Waals surface area (Å²) in [7, 11) is 0. The first-order chi connectivity index (χ1) is 17.6. The first-order valence-electron chi connectivity index (χ1n) is 12.1. The summed E-state index contributed by atoms with van der Waals surface area (Å²) in [5.74, 6) is 0.610. The normalized spacial score (nSPS) is 15.5. The molecule has 10 heteroatoms. The number of benzene rings is 1. The molecule has 2 aliphatic rings. The molecule has 5 rings (SSSR count). The summed E-state index contributed by atoms with van der Waals surface area (Å²) >= 11 is 6.13. The molecule has 0 spiro atoms. The van der Waals surface area contributed by atoms with Crippen LogP contribution < -0.4 is 20.7 Å². The molecule has 188 valence electrons. The highest BCUT2D eigenvalue weighted by Gasteiger charge is 2.21. The summed E-state index contributed by atoms with van der Waals surface area (Å²) in [5, 5.41) is 9.93. The number of anilines is 2. The van der Waals surface area contributed by atoms with Crippen LogP contribution in [0.3, 0.4) is 0 Å². The monoisotopic (exact) mass is 510 g/mol. The highest BCUT2D eigenvalue weighted by atomic mass is 35.5. The van der Waals surface area contributed by atoms with Crippen LogP contribution in [-0.4, -0.2) is 66.7 Å². The van der Waals surface area contributed by atoms with Gasteiger partial charge in [-0.25, -0.2) is 9.37 Å². The molecule has 0 aliphatic carbocycles. The molecular formula is C26H28ClFN6O2.